The zero-order valence-corrected chi connectivity index (χ0v) is 24.2. The second-order valence-electron chi connectivity index (χ2n) is 13.8. The Labute approximate surface area is 223 Å². The predicted molar refractivity (Wildman–Crippen MR) is 144 cm³/mol. The summed E-state index contributed by atoms with van der Waals surface area (Å²) in [6.07, 6.45) is 8.90. The van der Waals surface area contributed by atoms with Gasteiger partial charge in [-0.3, -0.25) is 9.59 Å². The topological polar surface area (TPSA) is 65.1 Å². The summed E-state index contributed by atoms with van der Waals surface area (Å²) in [5.41, 5.74) is 4.01. The van der Waals surface area contributed by atoms with E-state index in [0.717, 1.165) is 25.7 Å². The summed E-state index contributed by atoms with van der Waals surface area (Å²) in [5, 5.41) is 0. The van der Waals surface area contributed by atoms with Crippen LogP contribution in [0, 0.1) is 34.5 Å². The van der Waals surface area contributed by atoms with Crippen molar-refractivity contribution in [1.29, 1.82) is 0 Å². The second kappa shape index (κ2) is 9.24. The maximum atomic E-state index is 12.4. The summed E-state index contributed by atoms with van der Waals surface area (Å²) >= 11 is 0. The molecule has 0 amide bonds. The SMILES string of the molecule is C=C(CCC(C)C1CCC2C3=C(CCC21C)C1(C)CCC(OC(C)=O)CC12OC2C3OC(C)=O)C(C)C. The molecule has 5 aliphatic rings. The maximum Gasteiger partial charge on any atom is 0.303 e. The van der Waals surface area contributed by atoms with Crippen LogP contribution < -0.4 is 0 Å². The number of fused-ring (bicyclic) bond motifs is 3. The molecule has 0 aromatic heterocycles. The molecule has 0 aromatic rings. The highest BCUT2D eigenvalue weighted by Crippen LogP contribution is 2.72. The van der Waals surface area contributed by atoms with Crippen LogP contribution in [0.4, 0.5) is 0 Å². The predicted octanol–water partition coefficient (Wildman–Crippen LogP) is 6.94. The van der Waals surface area contributed by atoms with E-state index in [9.17, 15) is 9.59 Å². The number of rotatable bonds is 7. The van der Waals surface area contributed by atoms with E-state index < -0.39 is 0 Å². The van der Waals surface area contributed by atoms with E-state index in [1.54, 1.807) is 0 Å². The minimum atomic E-state index is -0.388. The van der Waals surface area contributed by atoms with Crippen LogP contribution in [0.5, 0.6) is 0 Å². The molecule has 0 aromatic carbocycles. The van der Waals surface area contributed by atoms with Gasteiger partial charge in [-0.15, -0.1) is 0 Å². The molecule has 0 N–H and O–H groups in total. The van der Waals surface area contributed by atoms with Crippen LogP contribution in [-0.4, -0.2) is 35.9 Å². The fraction of sp³-hybridized carbons (Fsp3) is 0.812. The van der Waals surface area contributed by atoms with Crippen LogP contribution in [0.3, 0.4) is 0 Å². The minimum Gasteiger partial charge on any atom is -0.462 e. The summed E-state index contributed by atoms with van der Waals surface area (Å²) in [5.74, 6) is 1.83. The number of hydrogen-bond donors (Lipinski definition) is 0. The summed E-state index contributed by atoms with van der Waals surface area (Å²) in [7, 11) is 0. The fourth-order valence-electron chi connectivity index (χ4n) is 9.33. The number of carbonyl (C=O) groups excluding carboxylic acids is 2. The molecule has 1 heterocycles. The van der Waals surface area contributed by atoms with E-state index in [4.69, 9.17) is 14.2 Å². The summed E-state index contributed by atoms with van der Waals surface area (Å²) in [6, 6.07) is 0. The molecule has 1 spiro atoms. The molecular formula is C32H48O5. The Morgan fingerprint density at radius 2 is 1.76 bits per heavy atom. The largest absolute Gasteiger partial charge is 0.462 e. The molecule has 37 heavy (non-hydrogen) atoms. The van der Waals surface area contributed by atoms with Gasteiger partial charge < -0.3 is 14.2 Å². The van der Waals surface area contributed by atoms with Gasteiger partial charge in [0.05, 0.1) is 0 Å². The zero-order chi connectivity index (χ0) is 26.9. The van der Waals surface area contributed by atoms with Crippen molar-refractivity contribution >= 4 is 11.9 Å². The first-order valence-corrected chi connectivity index (χ1v) is 14.8. The van der Waals surface area contributed by atoms with Crippen molar-refractivity contribution in [1.82, 2.24) is 0 Å². The summed E-state index contributed by atoms with van der Waals surface area (Å²) < 4.78 is 18.4. The van der Waals surface area contributed by atoms with Crippen molar-refractivity contribution in [2.24, 2.45) is 34.5 Å². The molecule has 1 saturated heterocycles. The van der Waals surface area contributed by atoms with Crippen molar-refractivity contribution in [2.75, 3.05) is 0 Å². The van der Waals surface area contributed by atoms with Gasteiger partial charge in [-0.25, -0.2) is 0 Å². The number of allylic oxidation sites excluding steroid dienone is 1. The van der Waals surface area contributed by atoms with Gasteiger partial charge in [0.25, 0.3) is 0 Å². The Morgan fingerprint density at radius 1 is 1.05 bits per heavy atom. The van der Waals surface area contributed by atoms with E-state index in [2.05, 4.69) is 41.2 Å². The van der Waals surface area contributed by atoms with Gasteiger partial charge in [0, 0.05) is 25.7 Å². The van der Waals surface area contributed by atoms with Crippen molar-refractivity contribution in [3.63, 3.8) is 0 Å². The van der Waals surface area contributed by atoms with Crippen LogP contribution in [0.25, 0.3) is 0 Å². The molecule has 3 fully saturated rings. The number of ether oxygens (including phenoxy) is 3. The Hall–Kier alpha value is -1.62. The van der Waals surface area contributed by atoms with Gasteiger partial charge >= 0.3 is 11.9 Å². The Morgan fingerprint density at radius 3 is 2.41 bits per heavy atom. The van der Waals surface area contributed by atoms with E-state index in [1.807, 2.05) is 0 Å². The molecule has 9 atom stereocenters. The van der Waals surface area contributed by atoms with E-state index in [1.165, 1.54) is 56.3 Å². The number of hydrogen-bond acceptors (Lipinski definition) is 5. The smallest absolute Gasteiger partial charge is 0.303 e. The van der Waals surface area contributed by atoms with Crippen molar-refractivity contribution in [3.8, 4) is 0 Å². The van der Waals surface area contributed by atoms with Gasteiger partial charge in [0.2, 0.25) is 0 Å². The first kappa shape index (κ1) is 27.0. The Bertz CT molecular complexity index is 1010. The lowest BCUT2D eigenvalue weighted by Crippen LogP contribution is -2.56. The normalized spacial score (nSPS) is 42.8. The molecular weight excluding hydrogens is 464 g/mol. The number of epoxide rings is 1. The first-order valence-electron chi connectivity index (χ1n) is 14.8. The van der Waals surface area contributed by atoms with Crippen LogP contribution in [-0.2, 0) is 23.8 Å². The van der Waals surface area contributed by atoms with Crippen molar-refractivity contribution in [2.45, 2.75) is 130 Å². The summed E-state index contributed by atoms with van der Waals surface area (Å²) in [6.45, 7) is 19.2. The van der Waals surface area contributed by atoms with E-state index in [0.29, 0.717) is 30.1 Å². The van der Waals surface area contributed by atoms with Gasteiger partial charge in [-0.1, -0.05) is 52.3 Å². The molecule has 5 heteroatoms. The van der Waals surface area contributed by atoms with Crippen LogP contribution in [0.1, 0.15) is 106 Å². The molecule has 206 valence electrons. The number of esters is 2. The van der Waals surface area contributed by atoms with Crippen LogP contribution in [0.2, 0.25) is 0 Å². The summed E-state index contributed by atoms with van der Waals surface area (Å²) in [4.78, 5) is 24.1. The highest BCUT2D eigenvalue weighted by Gasteiger charge is 2.77. The van der Waals surface area contributed by atoms with Gasteiger partial charge in [-0.2, -0.15) is 0 Å². The molecule has 5 rings (SSSR count). The molecule has 9 unspecified atom stereocenters. The third-order valence-corrected chi connectivity index (χ3v) is 11.5. The van der Waals surface area contributed by atoms with E-state index in [-0.39, 0.29) is 46.7 Å². The Balaban J connectivity index is 1.46. The van der Waals surface area contributed by atoms with Gasteiger partial charge in [0.15, 0.2) is 6.10 Å². The third kappa shape index (κ3) is 4.13. The number of carbonyl (C=O) groups is 2. The zero-order valence-electron chi connectivity index (χ0n) is 24.2. The van der Waals surface area contributed by atoms with Crippen LogP contribution in [0.15, 0.2) is 23.3 Å². The second-order valence-corrected chi connectivity index (χ2v) is 13.8. The van der Waals surface area contributed by atoms with Gasteiger partial charge in [0.1, 0.15) is 17.8 Å². The van der Waals surface area contributed by atoms with Crippen molar-refractivity contribution < 1.29 is 23.8 Å². The molecule has 2 saturated carbocycles. The third-order valence-electron chi connectivity index (χ3n) is 11.5. The molecule has 0 bridgehead atoms. The van der Waals surface area contributed by atoms with Crippen molar-refractivity contribution in [3.05, 3.63) is 23.3 Å². The lowest BCUT2D eigenvalue weighted by atomic mass is 9.49. The Kier molecular flexibility index (Phi) is 6.74. The monoisotopic (exact) mass is 512 g/mol. The average Bonchev–Trinajstić information content (AvgIpc) is 3.43. The quantitative estimate of drug-likeness (QED) is 0.210. The first-order chi connectivity index (χ1) is 17.3. The average molecular weight is 513 g/mol. The lowest BCUT2D eigenvalue weighted by molar-refractivity contribution is -0.151. The van der Waals surface area contributed by atoms with E-state index >= 15 is 0 Å². The molecule has 4 aliphatic carbocycles. The maximum absolute atomic E-state index is 12.4. The highest BCUT2D eigenvalue weighted by molar-refractivity contribution is 5.67. The minimum absolute atomic E-state index is 0.0830. The standard InChI is InChI=1S/C32H48O5/c1-18(2)19(3)9-10-20(4)24-11-12-25-27-26(14-15-30(24,25)7)31(8)16-13-23(35-21(5)33)17-32(31)29(37-32)28(27)36-22(6)34/h18,20,23-25,28-29H,3,9-17H2,1-2,4-8H3. The molecule has 1 aliphatic heterocycles. The fourth-order valence-corrected chi connectivity index (χ4v) is 9.33. The molecule has 5 nitrogen and oxygen atoms in total. The van der Waals surface area contributed by atoms with Crippen LogP contribution >= 0.6 is 0 Å². The van der Waals surface area contributed by atoms with Gasteiger partial charge in [-0.05, 0) is 86.0 Å². The molecule has 0 radical (unpaired) electrons. The highest BCUT2D eigenvalue weighted by atomic mass is 16.7. The lowest BCUT2D eigenvalue weighted by Gasteiger charge is -2.54.